The summed E-state index contributed by atoms with van der Waals surface area (Å²) in [5, 5.41) is 7.34. The maximum absolute atomic E-state index is 12.1. The zero-order chi connectivity index (χ0) is 23.2. The molecule has 0 spiro atoms. The first-order valence-electron chi connectivity index (χ1n) is 10.9. The fourth-order valence-corrected chi connectivity index (χ4v) is 3.96. The Morgan fingerprint density at radius 3 is 2.70 bits per heavy atom. The Hall–Kier alpha value is -3.36. The molecule has 172 valence electrons. The van der Waals surface area contributed by atoms with E-state index in [1.165, 1.54) is 0 Å². The predicted molar refractivity (Wildman–Crippen MR) is 133 cm³/mol. The summed E-state index contributed by atoms with van der Waals surface area (Å²) in [7, 11) is 1.68. The molecular weight excluding hydrogens is 440 g/mol. The van der Waals surface area contributed by atoms with E-state index in [4.69, 9.17) is 27.1 Å². The molecule has 8 nitrogen and oxygen atoms in total. The highest BCUT2D eigenvalue weighted by atomic mass is 35.5. The number of hydrogen-bond donors (Lipinski definition) is 3. The van der Waals surface area contributed by atoms with Gasteiger partial charge in [-0.05, 0) is 43.2 Å². The number of nitrogens with two attached hydrogens (primary N) is 1. The van der Waals surface area contributed by atoms with Crippen molar-refractivity contribution in [1.29, 1.82) is 0 Å². The standard InChI is InChI=1S/C24H27ClN6O2/c1-33-15-12-20-30-21-22(18-6-2-3-7-19(18)29-23(21)26)31(20)14-5-4-13-27-24(32)28-17-10-8-16(25)9-11-17/h2-3,6-11H,4-5,12-15H2,1H3,(H2,26,29)(H2,27,28,32). The molecule has 4 aromatic rings. The van der Waals surface area contributed by atoms with Gasteiger partial charge in [-0.3, -0.25) is 0 Å². The molecule has 2 aromatic carbocycles. The van der Waals surface area contributed by atoms with Gasteiger partial charge in [0.05, 0.1) is 17.6 Å². The molecule has 0 aliphatic heterocycles. The number of halogens is 1. The number of amides is 2. The maximum Gasteiger partial charge on any atom is 0.319 e. The maximum atomic E-state index is 12.1. The van der Waals surface area contributed by atoms with Crippen LogP contribution in [0.4, 0.5) is 16.3 Å². The minimum atomic E-state index is -0.240. The van der Waals surface area contributed by atoms with Crippen molar-refractivity contribution in [3.05, 3.63) is 59.4 Å². The number of nitrogens with one attached hydrogen (secondary N) is 2. The Balaban J connectivity index is 1.43. The van der Waals surface area contributed by atoms with Crippen molar-refractivity contribution in [3.63, 3.8) is 0 Å². The van der Waals surface area contributed by atoms with Crippen LogP contribution >= 0.6 is 11.6 Å². The lowest BCUT2D eigenvalue weighted by molar-refractivity contribution is 0.199. The summed E-state index contributed by atoms with van der Waals surface area (Å²) in [6.07, 6.45) is 2.36. The minimum absolute atomic E-state index is 0.240. The van der Waals surface area contributed by atoms with Gasteiger partial charge in [-0.15, -0.1) is 0 Å². The highest BCUT2D eigenvalue weighted by molar-refractivity contribution is 6.30. The van der Waals surface area contributed by atoms with Gasteiger partial charge in [-0.2, -0.15) is 0 Å². The second-order valence-corrected chi connectivity index (χ2v) is 8.17. The zero-order valence-electron chi connectivity index (χ0n) is 18.5. The normalized spacial score (nSPS) is 11.2. The highest BCUT2D eigenvalue weighted by Crippen LogP contribution is 2.29. The van der Waals surface area contributed by atoms with Crippen LogP contribution in [0, 0.1) is 0 Å². The van der Waals surface area contributed by atoms with E-state index < -0.39 is 0 Å². The number of hydrogen-bond acceptors (Lipinski definition) is 5. The third-order valence-corrected chi connectivity index (χ3v) is 5.67. The van der Waals surface area contributed by atoms with E-state index in [1.54, 1.807) is 31.4 Å². The van der Waals surface area contributed by atoms with Gasteiger partial charge < -0.3 is 25.7 Å². The molecule has 0 saturated heterocycles. The molecular formula is C24H27ClN6O2. The van der Waals surface area contributed by atoms with Gasteiger partial charge in [0.25, 0.3) is 0 Å². The number of urea groups is 1. The number of fused-ring (bicyclic) bond motifs is 3. The number of rotatable bonds is 9. The summed E-state index contributed by atoms with van der Waals surface area (Å²) in [5.41, 5.74) is 9.50. The minimum Gasteiger partial charge on any atom is -0.384 e. The lowest BCUT2D eigenvalue weighted by Gasteiger charge is -2.12. The van der Waals surface area contributed by atoms with Gasteiger partial charge in [0.1, 0.15) is 11.3 Å². The van der Waals surface area contributed by atoms with E-state index >= 15 is 0 Å². The first-order chi connectivity index (χ1) is 16.1. The van der Waals surface area contributed by atoms with E-state index in [-0.39, 0.29) is 6.03 Å². The third kappa shape index (κ3) is 5.35. The van der Waals surface area contributed by atoms with Crippen LogP contribution in [0.2, 0.25) is 5.02 Å². The number of ether oxygens (including phenoxy) is 1. The molecule has 0 bridgehead atoms. The van der Waals surface area contributed by atoms with Crippen molar-refractivity contribution >= 4 is 51.1 Å². The molecule has 33 heavy (non-hydrogen) atoms. The SMILES string of the molecule is COCCc1nc2c(N)nc3ccccc3c2n1CCCCNC(=O)Nc1ccc(Cl)cc1. The number of aromatic nitrogens is 3. The average Bonchev–Trinajstić information content (AvgIpc) is 3.18. The number of carbonyl (C=O) groups is 1. The quantitative estimate of drug-likeness (QED) is 0.312. The molecule has 0 radical (unpaired) electrons. The number of pyridine rings is 1. The first kappa shape index (κ1) is 22.8. The van der Waals surface area contributed by atoms with Crippen LogP contribution in [0.3, 0.4) is 0 Å². The molecule has 9 heteroatoms. The number of unbranched alkanes of at least 4 members (excludes halogenated alkanes) is 1. The van der Waals surface area contributed by atoms with Crippen molar-refractivity contribution < 1.29 is 9.53 Å². The van der Waals surface area contributed by atoms with Crippen LogP contribution in [-0.4, -0.2) is 40.8 Å². The Morgan fingerprint density at radius 2 is 1.91 bits per heavy atom. The molecule has 0 aliphatic carbocycles. The van der Waals surface area contributed by atoms with Crippen molar-refractivity contribution in [2.24, 2.45) is 0 Å². The number of benzene rings is 2. The Kier molecular flexibility index (Phi) is 7.26. The van der Waals surface area contributed by atoms with Gasteiger partial charge in [0, 0.05) is 42.7 Å². The molecule has 0 atom stereocenters. The van der Waals surface area contributed by atoms with Crippen LogP contribution in [0.25, 0.3) is 21.9 Å². The van der Waals surface area contributed by atoms with E-state index in [0.29, 0.717) is 36.1 Å². The van der Waals surface area contributed by atoms with Crippen LogP contribution in [0.5, 0.6) is 0 Å². The molecule has 2 amide bonds. The number of nitrogens with zero attached hydrogens (tertiary/aromatic N) is 3. The second-order valence-electron chi connectivity index (χ2n) is 7.73. The summed E-state index contributed by atoms with van der Waals surface area (Å²) in [4.78, 5) is 21.4. The Morgan fingerprint density at radius 1 is 1.12 bits per heavy atom. The number of nitrogen functional groups attached to an aromatic ring is 1. The van der Waals surface area contributed by atoms with E-state index in [1.807, 2.05) is 24.3 Å². The van der Waals surface area contributed by atoms with Crippen molar-refractivity contribution in [2.45, 2.75) is 25.8 Å². The molecule has 0 aliphatic rings. The summed E-state index contributed by atoms with van der Waals surface area (Å²) < 4.78 is 7.49. The third-order valence-electron chi connectivity index (χ3n) is 5.42. The average molecular weight is 467 g/mol. The number of anilines is 2. The number of methoxy groups -OCH3 is 1. The molecule has 2 aromatic heterocycles. The van der Waals surface area contributed by atoms with Gasteiger partial charge in [0.2, 0.25) is 0 Å². The van der Waals surface area contributed by atoms with Gasteiger partial charge in [0.15, 0.2) is 5.82 Å². The molecule has 0 unspecified atom stereocenters. The Bertz CT molecular complexity index is 1260. The second kappa shape index (κ2) is 10.5. The van der Waals surface area contributed by atoms with Gasteiger partial charge in [-0.25, -0.2) is 14.8 Å². The highest BCUT2D eigenvalue weighted by Gasteiger charge is 2.17. The molecule has 2 heterocycles. The number of aryl methyl sites for hydroxylation is 1. The number of carbonyl (C=O) groups excluding carboxylic acids is 1. The molecule has 0 fully saturated rings. The summed E-state index contributed by atoms with van der Waals surface area (Å²) >= 11 is 5.87. The van der Waals surface area contributed by atoms with Gasteiger partial charge >= 0.3 is 6.03 Å². The van der Waals surface area contributed by atoms with Crippen molar-refractivity contribution in [3.8, 4) is 0 Å². The van der Waals surface area contributed by atoms with Crippen LogP contribution in [0.1, 0.15) is 18.7 Å². The van der Waals surface area contributed by atoms with Crippen LogP contribution < -0.4 is 16.4 Å². The fourth-order valence-electron chi connectivity index (χ4n) is 3.84. The Labute approximate surface area is 197 Å². The van der Waals surface area contributed by atoms with Crippen molar-refractivity contribution in [2.75, 3.05) is 31.3 Å². The smallest absolute Gasteiger partial charge is 0.319 e. The van der Waals surface area contributed by atoms with Crippen LogP contribution in [0.15, 0.2) is 48.5 Å². The lowest BCUT2D eigenvalue weighted by atomic mass is 10.2. The molecule has 4 N–H and O–H groups in total. The summed E-state index contributed by atoms with van der Waals surface area (Å²) in [6, 6.07) is 14.7. The summed E-state index contributed by atoms with van der Waals surface area (Å²) in [6.45, 7) is 1.88. The topological polar surface area (TPSA) is 107 Å². The first-order valence-corrected chi connectivity index (χ1v) is 11.3. The summed E-state index contributed by atoms with van der Waals surface area (Å²) in [5.74, 6) is 1.35. The fraction of sp³-hybridized carbons (Fsp3) is 0.292. The van der Waals surface area contributed by atoms with Crippen molar-refractivity contribution in [1.82, 2.24) is 19.9 Å². The van der Waals surface area contributed by atoms with E-state index in [2.05, 4.69) is 20.2 Å². The largest absolute Gasteiger partial charge is 0.384 e. The predicted octanol–water partition coefficient (Wildman–Crippen LogP) is 4.61. The van der Waals surface area contributed by atoms with Gasteiger partial charge in [-0.1, -0.05) is 29.8 Å². The molecule has 0 saturated carbocycles. The number of para-hydroxylation sites is 1. The van der Waals surface area contributed by atoms with E-state index in [9.17, 15) is 4.79 Å². The number of imidazole rings is 1. The molecule has 4 rings (SSSR count). The van der Waals surface area contributed by atoms with Crippen LogP contribution in [-0.2, 0) is 17.7 Å². The lowest BCUT2D eigenvalue weighted by Crippen LogP contribution is -2.29. The van der Waals surface area contributed by atoms with E-state index in [0.717, 1.165) is 47.1 Å². The zero-order valence-corrected chi connectivity index (χ0v) is 19.2. The monoisotopic (exact) mass is 466 g/mol.